The first kappa shape index (κ1) is 20.9. The molecule has 1 aliphatic rings. The minimum atomic E-state index is -0.387. The number of nitrogen functional groups attached to an aromatic ring is 1. The standard InChI is InChI=1S/C30H22FN3O/c31-21-14-15-23-27(17-21)34(18-19-8-2-1-3-9-19)30(35)29(23)28(22-11-5-6-12-24(22)32)26-16-20-10-4-7-13-25(20)33-26/h1-17,33H,18,32H2. The van der Waals surface area contributed by atoms with Crippen molar-refractivity contribution in [3.63, 3.8) is 0 Å². The van der Waals surface area contributed by atoms with Crippen LogP contribution in [0.5, 0.6) is 0 Å². The van der Waals surface area contributed by atoms with Crippen LogP contribution in [0.1, 0.15) is 22.4 Å². The number of carbonyl (C=O) groups excluding carboxylic acids is 1. The Hall–Kier alpha value is -4.64. The SMILES string of the molecule is Nc1ccccc1C(=C1C(=O)N(Cc2ccccc2)c2cc(F)ccc21)c1cc2ccccc2[nH]1. The molecule has 0 unspecified atom stereocenters. The lowest BCUT2D eigenvalue weighted by Crippen LogP contribution is -2.26. The van der Waals surface area contributed by atoms with Gasteiger partial charge in [0.2, 0.25) is 0 Å². The number of amides is 1. The van der Waals surface area contributed by atoms with Crippen LogP contribution in [0, 0.1) is 5.82 Å². The van der Waals surface area contributed by atoms with Crippen molar-refractivity contribution in [1.82, 2.24) is 4.98 Å². The van der Waals surface area contributed by atoms with E-state index in [0.717, 1.165) is 27.7 Å². The monoisotopic (exact) mass is 459 g/mol. The van der Waals surface area contributed by atoms with Crippen molar-refractivity contribution >= 4 is 39.3 Å². The van der Waals surface area contributed by atoms with Crippen LogP contribution in [0.4, 0.5) is 15.8 Å². The van der Waals surface area contributed by atoms with E-state index in [9.17, 15) is 9.18 Å². The van der Waals surface area contributed by atoms with Crippen LogP contribution >= 0.6 is 0 Å². The number of hydrogen-bond acceptors (Lipinski definition) is 2. The molecular formula is C30H22FN3O. The third-order valence-electron chi connectivity index (χ3n) is 6.44. The van der Waals surface area contributed by atoms with Crippen LogP contribution in [0.25, 0.3) is 22.0 Å². The number of nitrogens with one attached hydrogen (secondary N) is 1. The zero-order valence-electron chi connectivity index (χ0n) is 18.8. The summed E-state index contributed by atoms with van der Waals surface area (Å²) in [6, 6.07) is 31.7. The van der Waals surface area contributed by atoms with Crippen molar-refractivity contribution in [2.45, 2.75) is 6.54 Å². The summed E-state index contributed by atoms with van der Waals surface area (Å²) in [5, 5.41) is 1.03. The summed E-state index contributed by atoms with van der Waals surface area (Å²) in [6.45, 7) is 0.337. The average molecular weight is 460 g/mol. The van der Waals surface area contributed by atoms with Crippen LogP contribution in [-0.2, 0) is 11.3 Å². The molecule has 0 saturated carbocycles. The van der Waals surface area contributed by atoms with Crippen LogP contribution < -0.4 is 10.6 Å². The summed E-state index contributed by atoms with van der Waals surface area (Å²) in [5.41, 5.74) is 12.9. The van der Waals surface area contributed by atoms with E-state index in [1.807, 2.05) is 84.9 Å². The predicted molar refractivity (Wildman–Crippen MR) is 139 cm³/mol. The van der Waals surface area contributed by atoms with Crippen molar-refractivity contribution in [2.75, 3.05) is 10.6 Å². The summed E-state index contributed by atoms with van der Waals surface area (Å²) < 4.78 is 14.4. The van der Waals surface area contributed by atoms with Gasteiger partial charge in [0, 0.05) is 39.0 Å². The fourth-order valence-electron chi connectivity index (χ4n) is 4.81. The van der Waals surface area contributed by atoms with E-state index < -0.39 is 0 Å². The number of para-hydroxylation sites is 2. The van der Waals surface area contributed by atoms with Gasteiger partial charge in [-0.2, -0.15) is 0 Å². The highest BCUT2D eigenvalue weighted by molar-refractivity contribution is 6.39. The molecule has 0 spiro atoms. The van der Waals surface area contributed by atoms with Gasteiger partial charge >= 0.3 is 0 Å². The Balaban J connectivity index is 1.63. The van der Waals surface area contributed by atoms with E-state index in [-0.39, 0.29) is 11.7 Å². The number of fused-ring (bicyclic) bond motifs is 2. The molecule has 2 heterocycles. The Morgan fingerprint density at radius 1 is 0.857 bits per heavy atom. The normalized spacial score (nSPS) is 14.4. The lowest BCUT2D eigenvalue weighted by Gasteiger charge is -2.18. The van der Waals surface area contributed by atoms with Gasteiger partial charge in [0.25, 0.3) is 5.91 Å². The highest BCUT2D eigenvalue weighted by Crippen LogP contribution is 2.45. The topological polar surface area (TPSA) is 62.1 Å². The molecule has 0 saturated heterocycles. The minimum Gasteiger partial charge on any atom is -0.398 e. The number of rotatable bonds is 4. The summed E-state index contributed by atoms with van der Waals surface area (Å²) >= 11 is 0. The number of benzene rings is 4. The second kappa shape index (κ2) is 8.29. The Bertz CT molecular complexity index is 1580. The lowest BCUT2D eigenvalue weighted by atomic mass is 9.92. The maximum Gasteiger partial charge on any atom is 0.260 e. The van der Waals surface area contributed by atoms with E-state index in [0.29, 0.717) is 34.6 Å². The van der Waals surface area contributed by atoms with Crippen molar-refractivity contribution in [3.05, 3.63) is 131 Å². The van der Waals surface area contributed by atoms with Crippen LogP contribution in [0.2, 0.25) is 0 Å². The molecule has 6 rings (SSSR count). The maximum absolute atomic E-state index is 14.4. The first-order chi connectivity index (χ1) is 17.1. The molecule has 4 aromatic carbocycles. The number of aromatic amines is 1. The number of anilines is 2. The van der Waals surface area contributed by atoms with E-state index in [4.69, 9.17) is 5.73 Å². The van der Waals surface area contributed by atoms with Gasteiger partial charge in [-0.05, 0) is 42.0 Å². The van der Waals surface area contributed by atoms with E-state index in [1.54, 1.807) is 11.0 Å². The zero-order valence-corrected chi connectivity index (χ0v) is 18.8. The number of halogens is 1. The second-order valence-electron chi connectivity index (χ2n) is 8.65. The molecule has 170 valence electrons. The summed E-state index contributed by atoms with van der Waals surface area (Å²) in [4.78, 5) is 19.2. The van der Waals surface area contributed by atoms with Crippen molar-refractivity contribution in [1.29, 1.82) is 0 Å². The Morgan fingerprint density at radius 2 is 1.60 bits per heavy atom. The second-order valence-corrected chi connectivity index (χ2v) is 8.65. The third kappa shape index (κ3) is 3.58. The number of H-pyrrole nitrogens is 1. The highest BCUT2D eigenvalue weighted by Gasteiger charge is 2.36. The Morgan fingerprint density at radius 3 is 2.40 bits per heavy atom. The summed E-state index contributed by atoms with van der Waals surface area (Å²) in [7, 11) is 0. The van der Waals surface area contributed by atoms with E-state index in [2.05, 4.69) is 4.98 Å². The fourth-order valence-corrected chi connectivity index (χ4v) is 4.81. The summed E-state index contributed by atoms with van der Waals surface area (Å²) in [5.74, 6) is -0.575. The number of hydrogen-bond donors (Lipinski definition) is 2. The largest absolute Gasteiger partial charge is 0.398 e. The van der Waals surface area contributed by atoms with Gasteiger partial charge in [0.1, 0.15) is 5.82 Å². The van der Waals surface area contributed by atoms with E-state index >= 15 is 0 Å². The number of nitrogens with zero attached hydrogens (tertiary/aromatic N) is 1. The molecule has 3 N–H and O–H groups in total. The average Bonchev–Trinajstić information content (AvgIpc) is 3.41. The zero-order chi connectivity index (χ0) is 23.9. The first-order valence-electron chi connectivity index (χ1n) is 11.4. The molecule has 1 aromatic heterocycles. The Kier molecular flexibility index (Phi) is 4.96. The minimum absolute atomic E-state index is 0.189. The Labute approximate surface area is 202 Å². The van der Waals surface area contributed by atoms with Gasteiger partial charge in [0.15, 0.2) is 0 Å². The first-order valence-corrected chi connectivity index (χ1v) is 11.4. The number of aromatic nitrogens is 1. The predicted octanol–water partition coefficient (Wildman–Crippen LogP) is 6.40. The van der Waals surface area contributed by atoms with Gasteiger partial charge < -0.3 is 15.6 Å². The number of nitrogens with two attached hydrogens (primary N) is 1. The van der Waals surface area contributed by atoms with Crippen LogP contribution in [0.15, 0.2) is 103 Å². The van der Waals surface area contributed by atoms with Gasteiger partial charge in [0.05, 0.1) is 17.8 Å². The molecule has 4 nitrogen and oxygen atoms in total. The van der Waals surface area contributed by atoms with Gasteiger partial charge in [-0.1, -0.05) is 66.7 Å². The molecule has 5 heteroatoms. The molecule has 35 heavy (non-hydrogen) atoms. The molecular weight excluding hydrogens is 437 g/mol. The molecule has 1 amide bonds. The van der Waals surface area contributed by atoms with Crippen molar-refractivity contribution < 1.29 is 9.18 Å². The molecule has 0 bridgehead atoms. The van der Waals surface area contributed by atoms with Crippen LogP contribution in [-0.4, -0.2) is 10.9 Å². The lowest BCUT2D eigenvalue weighted by molar-refractivity contribution is -0.113. The molecule has 1 aliphatic heterocycles. The molecule has 0 atom stereocenters. The molecule has 0 aliphatic carbocycles. The fraction of sp³-hybridized carbons (Fsp3) is 0.0333. The van der Waals surface area contributed by atoms with Crippen molar-refractivity contribution in [2.24, 2.45) is 0 Å². The molecule has 0 fully saturated rings. The van der Waals surface area contributed by atoms with Gasteiger partial charge in [-0.25, -0.2) is 4.39 Å². The van der Waals surface area contributed by atoms with Crippen LogP contribution in [0.3, 0.4) is 0 Å². The molecule has 0 radical (unpaired) electrons. The highest BCUT2D eigenvalue weighted by atomic mass is 19.1. The smallest absolute Gasteiger partial charge is 0.260 e. The quantitative estimate of drug-likeness (QED) is 0.241. The van der Waals surface area contributed by atoms with Crippen molar-refractivity contribution in [3.8, 4) is 0 Å². The van der Waals surface area contributed by atoms with Gasteiger partial charge in [-0.3, -0.25) is 4.79 Å². The van der Waals surface area contributed by atoms with E-state index in [1.165, 1.54) is 12.1 Å². The third-order valence-corrected chi connectivity index (χ3v) is 6.44. The number of carbonyl (C=O) groups is 1. The molecule has 5 aromatic rings. The summed E-state index contributed by atoms with van der Waals surface area (Å²) in [6.07, 6.45) is 0. The van der Waals surface area contributed by atoms with Gasteiger partial charge in [-0.15, -0.1) is 0 Å². The maximum atomic E-state index is 14.4.